The smallest absolute Gasteiger partial charge is 0.330 e. The number of aromatic nitrogens is 1. The fraction of sp³-hybridized carbons (Fsp3) is 0.154. The number of nitrogens with one attached hydrogen (secondary N) is 1. The number of aryl methyl sites for hydroxylation is 1. The molecule has 98 valence electrons. The summed E-state index contributed by atoms with van der Waals surface area (Å²) in [5, 5.41) is 15.1. The lowest BCUT2D eigenvalue weighted by Crippen LogP contribution is -2.33. The summed E-state index contributed by atoms with van der Waals surface area (Å²) in [6.45, 7) is 1.58. The number of carboxylic acids is 1. The Morgan fingerprint density at radius 2 is 2.00 bits per heavy atom. The molecule has 0 aliphatic rings. The second kappa shape index (κ2) is 5.34. The highest BCUT2D eigenvalue weighted by molar-refractivity contribution is 5.97. The van der Waals surface area contributed by atoms with Crippen molar-refractivity contribution in [1.29, 1.82) is 0 Å². The highest BCUT2D eigenvalue weighted by atomic mass is 16.5. The van der Waals surface area contributed by atoms with Crippen molar-refractivity contribution in [2.45, 2.75) is 13.0 Å². The highest BCUT2D eigenvalue weighted by Gasteiger charge is 2.24. The topological polar surface area (TPSA) is 92.4 Å². The lowest BCUT2D eigenvalue weighted by atomic mass is 10.1. The molecule has 1 aromatic carbocycles. The maximum absolute atomic E-state index is 11.9. The summed E-state index contributed by atoms with van der Waals surface area (Å²) in [6.07, 6.45) is 1.26. The molecule has 0 spiro atoms. The van der Waals surface area contributed by atoms with Gasteiger partial charge in [0, 0.05) is 0 Å². The Hall–Kier alpha value is -2.63. The maximum atomic E-state index is 11.9. The maximum Gasteiger partial charge on any atom is 0.330 e. The third-order valence-electron chi connectivity index (χ3n) is 2.65. The van der Waals surface area contributed by atoms with Gasteiger partial charge < -0.3 is 14.9 Å². The highest BCUT2D eigenvalue weighted by Crippen LogP contribution is 2.14. The normalized spacial score (nSPS) is 11.8. The van der Waals surface area contributed by atoms with Crippen molar-refractivity contribution in [3.8, 4) is 0 Å². The molecule has 1 unspecified atom stereocenters. The van der Waals surface area contributed by atoms with Gasteiger partial charge in [-0.05, 0) is 12.5 Å². The van der Waals surface area contributed by atoms with Gasteiger partial charge in [0.15, 0.2) is 6.04 Å². The van der Waals surface area contributed by atoms with Gasteiger partial charge in [0.25, 0.3) is 5.91 Å². The standard InChI is InChI=1S/C13H12N2O4/c1-8-10(7-14-19-8)12(16)15-11(13(17)18)9-5-3-2-4-6-9/h2-7,11H,1H3,(H,15,16)(H,17,18). The van der Waals surface area contributed by atoms with Crippen LogP contribution in [0, 0.1) is 6.92 Å². The first kappa shape index (κ1) is 12.8. The Morgan fingerprint density at radius 3 is 2.53 bits per heavy atom. The molecule has 1 atom stereocenters. The van der Waals surface area contributed by atoms with Gasteiger partial charge >= 0.3 is 5.97 Å². The van der Waals surface area contributed by atoms with Gasteiger partial charge in [-0.3, -0.25) is 4.79 Å². The van der Waals surface area contributed by atoms with Crippen molar-refractivity contribution in [1.82, 2.24) is 10.5 Å². The minimum absolute atomic E-state index is 0.224. The molecule has 0 saturated heterocycles. The van der Waals surface area contributed by atoms with Crippen LogP contribution in [-0.2, 0) is 4.79 Å². The summed E-state index contributed by atoms with van der Waals surface area (Å²) in [6, 6.07) is 7.36. The SMILES string of the molecule is Cc1oncc1C(=O)NC(C(=O)O)c1ccccc1. The van der Waals surface area contributed by atoms with Crippen LogP contribution >= 0.6 is 0 Å². The van der Waals surface area contributed by atoms with E-state index in [0.29, 0.717) is 11.3 Å². The first-order chi connectivity index (χ1) is 9.09. The van der Waals surface area contributed by atoms with Crippen molar-refractivity contribution in [3.05, 3.63) is 53.4 Å². The summed E-state index contributed by atoms with van der Waals surface area (Å²) >= 11 is 0. The van der Waals surface area contributed by atoms with E-state index in [0.717, 1.165) is 0 Å². The van der Waals surface area contributed by atoms with Crippen LogP contribution in [0.3, 0.4) is 0 Å². The zero-order valence-corrected chi connectivity index (χ0v) is 10.2. The molecule has 1 amide bonds. The number of aliphatic carboxylic acids is 1. The summed E-state index contributed by atoms with van der Waals surface area (Å²) in [4.78, 5) is 23.2. The zero-order chi connectivity index (χ0) is 13.8. The molecule has 0 bridgehead atoms. The van der Waals surface area contributed by atoms with E-state index in [4.69, 9.17) is 4.52 Å². The van der Waals surface area contributed by atoms with Gasteiger partial charge in [0.2, 0.25) is 0 Å². The van der Waals surface area contributed by atoms with Gasteiger partial charge in [-0.15, -0.1) is 0 Å². The van der Waals surface area contributed by atoms with E-state index < -0.39 is 17.9 Å². The van der Waals surface area contributed by atoms with Gasteiger partial charge in [0.1, 0.15) is 11.3 Å². The lowest BCUT2D eigenvalue weighted by molar-refractivity contribution is -0.139. The molecule has 6 heteroatoms. The number of carboxylic acid groups (broad SMARTS) is 1. The molecule has 6 nitrogen and oxygen atoms in total. The number of hydrogen-bond donors (Lipinski definition) is 2. The fourth-order valence-corrected chi connectivity index (χ4v) is 1.66. The minimum Gasteiger partial charge on any atom is -0.479 e. The molecule has 2 N–H and O–H groups in total. The quantitative estimate of drug-likeness (QED) is 0.869. The van der Waals surface area contributed by atoms with Gasteiger partial charge in [-0.1, -0.05) is 35.5 Å². The van der Waals surface area contributed by atoms with Crippen molar-refractivity contribution < 1.29 is 19.2 Å². The van der Waals surface area contributed by atoms with Crippen molar-refractivity contribution in [2.75, 3.05) is 0 Å². The number of nitrogens with zero attached hydrogens (tertiary/aromatic N) is 1. The predicted molar refractivity (Wildman–Crippen MR) is 65.5 cm³/mol. The van der Waals surface area contributed by atoms with Crippen molar-refractivity contribution >= 4 is 11.9 Å². The molecule has 0 radical (unpaired) electrons. The van der Waals surface area contributed by atoms with Crippen LogP contribution < -0.4 is 5.32 Å². The van der Waals surface area contributed by atoms with E-state index in [1.54, 1.807) is 37.3 Å². The Balaban J connectivity index is 2.21. The van der Waals surface area contributed by atoms with Crippen LogP contribution in [0.2, 0.25) is 0 Å². The van der Waals surface area contributed by atoms with Crippen LogP contribution in [0.15, 0.2) is 41.1 Å². The molecular formula is C13H12N2O4. The van der Waals surface area contributed by atoms with Gasteiger partial charge in [0.05, 0.1) is 6.20 Å². The van der Waals surface area contributed by atoms with Crippen molar-refractivity contribution in [3.63, 3.8) is 0 Å². The van der Waals surface area contributed by atoms with Crippen LogP contribution in [-0.4, -0.2) is 22.1 Å². The Bertz CT molecular complexity index is 592. The minimum atomic E-state index is -1.13. The molecular weight excluding hydrogens is 248 g/mol. The molecule has 1 aromatic heterocycles. The monoisotopic (exact) mass is 260 g/mol. The van der Waals surface area contributed by atoms with Crippen molar-refractivity contribution in [2.24, 2.45) is 0 Å². The Morgan fingerprint density at radius 1 is 1.32 bits per heavy atom. The molecule has 19 heavy (non-hydrogen) atoms. The molecule has 0 aliphatic carbocycles. The fourth-order valence-electron chi connectivity index (χ4n) is 1.66. The first-order valence-corrected chi connectivity index (χ1v) is 5.59. The largest absolute Gasteiger partial charge is 0.479 e. The first-order valence-electron chi connectivity index (χ1n) is 5.59. The number of carbonyl (C=O) groups excluding carboxylic acids is 1. The predicted octanol–water partition coefficient (Wildman–Crippen LogP) is 1.54. The van der Waals surface area contributed by atoms with E-state index in [9.17, 15) is 14.7 Å². The van der Waals surface area contributed by atoms with E-state index in [2.05, 4.69) is 10.5 Å². The number of benzene rings is 1. The number of amides is 1. The Kier molecular flexibility index (Phi) is 3.61. The zero-order valence-electron chi connectivity index (χ0n) is 10.2. The molecule has 0 fully saturated rings. The van der Waals surface area contributed by atoms with Crippen LogP contribution in [0.1, 0.15) is 27.7 Å². The summed E-state index contributed by atoms with van der Waals surface area (Å²) in [5.74, 6) is -1.32. The van der Waals surface area contributed by atoms with E-state index >= 15 is 0 Å². The summed E-state index contributed by atoms with van der Waals surface area (Å²) in [7, 11) is 0. The number of hydrogen-bond acceptors (Lipinski definition) is 4. The van der Waals surface area contributed by atoms with Crippen LogP contribution in [0.5, 0.6) is 0 Å². The van der Waals surface area contributed by atoms with Crippen LogP contribution in [0.4, 0.5) is 0 Å². The molecule has 2 rings (SSSR count). The van der Waals surface area contributed by atoms with E-state index in [1.807, 2.05) is 0 Å². The van der Waals surface area contributed by atoms with Gasteiger partial charge in [-0.25, -0.2) is 4.79 Å². The third kappa shape index (κ3) is 2.79. The molecule has 0 saturated carbocycles. The lowest BCUT2D eigenvalue weighted by Gasteiger charge is -2.14. The second-order valence-electron chi connectivity index (χ2n) is 3.95. The van der Waals surface area contributed by atoms with E-state index in [1.165, 1.54) is 6.20 Å². The van der Waals surface area contributed by atoms with Gasteiger partial charge in [-0.2, -0.15) is 0 Å². The second-order valence-corrected chi connectivity index (χ2v) is 3.95. The summed E-state index contributed by atoms with van der Waals surface area (Å²) in [5.41, 5.74) is 0.722. The Labute approximate surface area is 109 Å². The third-order valence-corrected chi connectivity index (χ3v) is 2.65. The molecule has 1 heterocycles. The molecule has 0 aliphatic heterocycles. The average molecular weight is 260 g/mol. The molecule has 2 aromatic rings. The average Bonchev–Trinajstić information content (AvgIpc) is 2.82. The number of rotatable bonds is 4. The number of carbonyl (C=O) groups is 2. The van der Waals surface area contributed by atoms with E-state index in [-0.39, 0.29) is 5.56 Å². The van der Waals surface area contributed by atoms with Crippen LogP contribution in [0.25, 0.3) is 0 Å². The summed E-state index contributed by atoms with van der Waals surface area (Å²) < 4.78 is 4.78.